The third kappa shape index (κ3) is 1.23. The Labute approximate surface area is 128 Å². The summed E-state index contributed by atoms with van der Waals surface area (Å²) in [5, 5.41) is 19.4. The van der Waals surface area contributed by atoms with Crippen LogP contribution < -0.4 is 0 Å². The van der Waals surface area contributed by atoms with E-state index in [2.05, 4.69) is 0 Å². The van der Waals surface area contributed by atoms with E-state index in [4.69, 9.17) is 9.47 Å². The first-order valence-corrected chi connectivity index (χ1v) is 7.86. The van der Waals surface area contributed by atoms with E-state index in [0.29, 0.717) is 0 Å². The zero-order chi connectivity index (χ0) is 16.3. The molecule has 6 nitrogen and oxygen atoms in total. The van der Waals surface area contributed by atoms with Crippen molar-refractivity contribution in [3.8, 4) is 0 Å². The molecule has 0 aromatic heterocycles. The zero-order valence-electron chi connectivity index (χ0n) is 13.3. The Kier molecular flexibility index (Phi) is 2.31. The van der Waals surface area contributed by atoms with Crippen molar-refractivity contribution in [3.05, 3.63) is 0 Å². The van der Waals surface area contributed by atoms with Gasteiger partial charge in [0.1, 0.15) is 11.8 Å². The van der Waals surface area contributed by atoms with Crippen LogP contribution in [0.2, 0.25) is 0 Å². The van der Waals surface area contributed by atoms with Crippen LogP contribution in [0.25, 0.3) is 0 Å². The summed E-state index contributed by atoms with van der Waals surface area (Å²) in [5.74, 6) is -4.43. The molecule has 0 aliphatic carbocycles. The van der Waals surface area contributed by atoms with Gasteiger partial charge in [-0.3, -0.25) is 9.59 Å². The predicted molar refractivity (Wildman–Crippen MR) is 74.3 cm³/mol. The summed E-state index contributed by atoms with van der Waals surface area (Å²) in [4.78, 5) is 23.7. The van der Waals surface area contributed by atoms with Crippen LogP contribution in [0.5, 0.6) is 0 Å². The second-order valence-corrected chi connectivity index (χ2v) is 8.28. The fraction of sp³-hybridized carbons (Fsp3) is 0.875. The van der Waals surface area contributed by atoms with E-state index in [1.165, 1.54) is 0 Å². The van der Waals surface area contributed by atoms with Crippen molar-refractivity contribution < 1.29 is 29.3 Å². The second kappa shape index (κ2) is 3.51. The maximum absolute atomic E-state index is 11.8. The quantitative estimate of drug-likeness (QED) is 0.803. The average Bonchev–Trinajstić information content (AvgIpc) is 2.96. The molecule has 0 unspecified atom stereocenters. The van der Waals surface area contributed by atoms with Crippen LogP contribution in [0.3, 0.4) is 0 Å². The van der Waals surface area contributed by atoms with E-state index in [1.54, 1.807) is 13.8 Å². The largest absolute Gasteiger partial charge is 0.481 e. The molecular weight excluding hydrogens is 288 g/mol. The third-order valence-corrected chi connectivity index (χ3v) is 7.01. The minimum atomic E-state index is -1.09. The Balaban J connectivity index is 1.93. The number of carbonyl (C=O) groups is 2. The first kappa shape index (κ1) is 14.5. The normalized spacial score (nSPS) is 61.5. The molecule has 122 valence electrons. The number of fused-ring (bicyclic) bond motifs is 9. The fourth-order valence-electron chi connectivity index (χ4n) is 6.70. The van der Waals surface area contributed by atoms with Gasteiger partial charge in [0.15, 0.2) is 0 Å². The lowest BCUT2D eigenvalue weighted by Gasteiger charge is -2.47. The summed E-state index contributed by atoms with van der Waals surface area (Å²) in [7, 11) is 0. The van der Waals surface area contributed by atoms with Gasteiger partial charge >= 0.3 is 11.9 Å². The van der Waals surface area contributed by atoms with Crippen molar-refractivity contribution in [1.82, 2.24) is 0 Å². The van der Waals surface area contributed by atoms with Gasteiger partial charge in [0.25, 0.3) is 0 Å². The Morgan fingerprint density at radius 2 is 1.18 bits per heavy atom. The smallest absolute Gasteiger partial charge is 0.310 e. The van der Waals surface area contributed by atoms with Crippen LogP contribution in [0, 0.1) is 23.7 Å². The molecule has 4 aliphatic rings. The summed E-state index contributed by atoms with van der Waals surface area (Å²) in [6.07, 6.45) is 1.73. The topological polar surface area (TPSA) is 93.1 Å². The molecule has 0 radical (unpaired) electrons. The molecular formula is C16H22O6. The molecule has 4 rings (SSSR count). The van der Waals surface area contributed by atoms with Crippen molar-refractivity contribution in [1.29, 1.82) is 0 Å². The Bertz CT molecular complexity index is 553. The van der Waals surface area contributed by atoms with E-state index in [1.807, 2.05) is 13.8 Å². The average molecular weight is 310 g/mol. The van der Waals surface area contributed by atoms with E-state index in [9.17, 15) is 19.8 Å². The molecule has 4 heterocycles. The monoisotopic (exact) mass is 310 g/mol. The first-order chi connectivity index (χ1) is 10.00. The molecule has 0 amide bonds. The SMILES string of the molecule is C[C@@]12O[C@](C)([C@H]3[C@H]1[C@]1(C)CC[C@]3(C)O1)[C@@H](C(=O)O)[C@H]2C(=O)O. The predicted octanol–water partition coefficient (Wildman–Crippen LogP) is 1.52. The zero-order valence-corrected chi connectivity index (χ0v) is 13.3. The highest BCUT2D eigenvalue weighted by Crippen LogP contribution is 2.75. The summed E-state index contributed by atoms with van der Waals surface area (Å²) in [5.41, 5.74) is -2.85. The molecule has 8 atom stereocenters. The number of hydrogen-bond donors (Lipinski definition) is 2. The maximum atomic E-state index is 11.8. The van der Waals surface area contributed by atoms with Crippen molar-refractivity contribution in [2.45, 2.75) is 62.9 Å². The van der Waals surface area contributed by atoms with Crippen LogP contribution >= 0.6 is 0 Å². The minimum absolute atomic E-state index is 0.0829. The van der Waals surface area contributed by atoms with Crippen molar-refractivity contribution in [2.24, 2.45) is 23.7 Å². The molecule has 4 fully saturated rings. The highest BCUT2D eigenvalue weighted by Gasteiger charge is 2.85. The van der Waals surface area contributed by atoms with Gasteiger partial charge in [0, 0.05) is 11.8 Å². The summed E-state index contributed by atoms with van der Waals surface area (Å²) >= 11 is 0. The second-order valence-electron chi connectivity index (χ2n) is 8.28. The lowest BCUT2D eigenvalue weighted by Crippen LogP contribution is -2.61. The van der Waals surface area contributed by atoms with E-state index >= 15 is 0 Å². The van der Waals surface area contributed by atoms with Gasteiger partial charge in [-0.15, -0.1) is 0 Å². The Hall–Kier alpha value is -1.14. The van der Waals surface area contributed by atoms with Gasteiger partial charge in [-0.05, 0) is 40.5 Å². The number of carboxylic acids is 2. The third-order valence-electron chi connectivity index (χ3n) is 7.01. The number of hydrogen-bond acceptors (Lipinski definition) is 4. The van der Waals surface area contributed by atoms with Gasteiger partial charge in [-0.25, -0.2) is 0 Å². The Morgan fingerprint density at radius 1 is 0.818 bits per heavy atom. The molecule has 0 spiro atoms. The summed E-state index contributed by atoms with van der Waals surface area (Å²) in [6.45, 7) is 7.60. The lowest BCUT2D eigenvalue weighted by molar-refractivity contribution is -0.161. The molecule has 0 saturated carbocycles. The number of carboxylic acid groups (broad SMARTS) is 2. The molecule has 0 aromatic carbocycles. The molecule has 4 bridgehead atoms. The van der Waals surface area contributed by atoms with Gasteiger partial charge < -0.3 is 19.7 Å². The van der Waals surface area contributed by atoms with Gasteiger partial charge in [-0.2, -0.15) is 0 Å². The highest BCUT2D eigenvalue weighted by atomic mass is 16.6. The Morgan fingerprint density at radius 3 is 1.50 bits per heavy atom. The van der Waals surface area contributed by atoms with Crippen LogP contribution in [0.1, 0.15) is 40.5 Å². The fourth-order valence-corrected chi connectivity index (χ4v) is 6.70. The van der Waals surface area contributed by atoms with Crippen molar-refractivity contribution in [2.75, 3.05) is 0 Å². The molecule has 4 aliphatic heterocycles. The van der Waals surface area contributed by atoms with Crippen molar-refractivity contribution >= 4 is 11.9 Å². The molecule has 6 heteroatoms. The van der Waals surface area contributed by atoms with Crippen LogP contribution in [-0.2, 0) is 19.1 Å². The van der Waals surface area contributed by atoms with Crippen LogP contribution in [0.4, 0.5) is 0 Å². The lowest BCUT2D eigenvalue weighted by atomic mass is 9.49. The van der Waals surface area contributed by atoms with E-state index in [0.717, 1.165) is 12.8 Å². The molecule has 0 aromatic rings. The van der Waals surface area contributed by atoms with Gasteiger partial charge in [-0.1, -0.05) is 0 Å². The van der Waals surface area contributed by atoms with Gasteiger partial charge in [0.05, 0.1) is 22.4 Å². The number of rotatable bonds is 2. The standard InChI is InChI=1S/C16H22O6/c1-13-5-6-14(2,21-13)10-9(13)15(3)7(11(17)18)8(12(19)20)16(10,4)22-15/h7-10H,5-6H2,1-4H3,(H,17,18)(H,19,20)/t7-,8+,9-,10-,13-,14-,15-,16-/m0/s1. The molecule has 22 heavy (non-hydrogen) atoms. The number of aliphatic carboxylic acids is 2. The molecule has 4 saturated heterocycles. The van der Waals surface area contributed by atoms with Crippen LogP contribution in [0.15, 0.2) is 0 Å². The summed E-state index contributed by atoms with van der Waals surface area (Å²) in [6, 6.07) is 0. The van der Waals surface area contributed by atoms with Gasteiger partial charge in [0.2, 0.25) is 0 Å². The number of ether oxygens (including phenoxy) is 2. The highest BCUT2D eigenvalue weighted by molar-refractivity contribution is 5.84. The summed E-state index contributed by atoms with van der Waals surface area (Å²) < 4.78 is 12.5. The minimum Gasteiger partial charge on any atom is -0.481 e. The first-order valence-electron chi connectivity index (χ1n) is 7.86. The van der Waals surface area contributed by atoms with Crippen LogP contribution in [-0.4, -0.2) is 44.6 Å². The van der Waals surface area contributed by atoms with E-state index in [-0.39, 0.29) is 11.8 Å². The van der Waals surface area contributed by atoms with E-state index < -0.39 is 46.2 Å². The maximum Gasteiger partial charge on any atom is 0.310 e. The molecule has 2 N–H and O–H groups in total. The van der Waals surface area contributed by atoms with Crippen molar-refractivity contribution in [3.63, 3.8) is 0 Å².